The lowest BCUT2D eigenvalue weighted by molar-refractivity contribution is 0.0694. The predicted molar refractivity (Wildman–Crippen MR) is 135 cm³/mol. The van der Waals surface area contributed by atoms with E-state index >= 15 is 8.78 Å². The zero-order chi connectivity index (χ0) is 26.3. The van der Waals surface area contributed by atoms with Crippen LogP contribution in [0.5, 0.6) is 0 Å². The molecule has 0 saturated carbocycles. The van der Waals surface area contributed by atoms with Crippen molar-refractivity contribution in [3.05, 3.63) is 75.6 Å². The van der Waals surface area contributed by atoms with Gasteiger partial charge in [-0.05, 0) is 42.8 Å². The number of aromatic nitrogens is 2. The Hall–Kier alpha value is -4.12. The van der Waals surface area contributed by atoms with Gasteiger partial charge in [-0.1, -0.05) is 12.1 Å². The maximum atomic E-state index is 15.6. The molecule has 0 bridgehead atoms. The highest BCUT2D eigenvalue weighted by molar-refractivity contribution is 5.97. The third-order valence-electron chi connectivity index (χ3n) is 6.51. The van der Waals surface area contributed by atoms with E-state index in [0.29, 0.717) is 19.6 Å². The Bertz CT molecular complexity index is 1570. The van der Waals surface area contributed by atoms with E-state index in [1.807, 2.05) is 24.3 Å². The lowest BCUT2D eigenvalue weighted by atomic mass is 10.0. The Morgan fingerprint density at radius 2 is 1.92 bits per heavy atom. The number of anilines is 2. The van der Waals surface area contributed by atoms with Crippen molar-refractivity contribution in [2.45, 2.75) is 19.0 Å². The Labute approximate surface area is 209 Å². The predicted octanol–water partition coefficient (Wildman–Crippen LogP) is 3.30. The van der Waals surface area contributed by atoms with Crippen molar-refractivity contribution in [2.24, 2.45) is 5.73 Å². The van der Waals surface area contributed by atoms with Gasteiger partial charge in [-0.25, -0.2) is 22.9 Å². The number of fused-ring (bicyclic) bond motifs is 2. The Morgan fingerprint density at radius 1 is 1.19 bits per heavy atom. The first-order chi connectivity index (χ1) is 17.8. The average molecular weight is 512 g/mol. The van der Waals surface area contributed by atoms with E-state index in [1.165, 1.54) is 6.07 Å². The van der Waals surface area contributed by atoms with Crippen molar-refractivity contribution in [3.8, 4) is 0 Å². The van der Waals surface area contributed by atoms with Crippen molar-refractivity contribution < 1.29 is 23.1 Å². The maximum absolute atomic E-state index is 15.6. The molecule has 1 fully saturated rings. The zero-order valence-corrected chi connectivity index (χ0v) is 19.7. The molecule has 0 atom stereocenters. The number of hydrogen-bond acceptors (Lipinski definition) is 6. The highest BCUT2D eigenvalue weighted by atomic mass is 19.1. The molecule has 0 amide bonds. The van der Waals surface area contributed by atoms with Gasteiger partial charge in [-0.15, -0.1) is 0 Å². The second-order valence-electron chi connectivity index (χ2n) is 8.99. The van der Waals surface area contributed by atoms with Crippen molar-refractivity contribution in [1.29, 1.82) is 0 Å². The highest BCUT2D eigenvalue weighted by Crippen LogP contribution is 2.34. The van der Waals surface area contributed by atoms with Gasteiger partial charge in [-0.3, -0.25) is 4.79 Å². The van der Waals surface area contributed by atoms with Crippen LogP contribution in [-0.4, -0.2) is 53.0 Å². The Morgan fingerprint density at radius 3 is 2.57 bits per heavy atom. The number of carboxylic acid groups (broad SMARTS) is 1. The van der Waals surface area contributed by atoms with Crippen molar-refractivity contribution >= 4 is 39.3 Å². The van der Waals surface area contributed by atoms with Crippen LogP contribution in [0.4, 0.5) is 24.5 Å². The van der Waals surface area contributed by atoms with Crippen LogP contribution in [0.2, 0.25) is 0 Å². The van der Waals surface area contributed by atoms with Gasteiger partial charge in [0.05, 0.1) is 18.0 Å². The van der Waals surface area contributed by atoms with Gasteiger partial charge in [0, 0.05) is 30.4 Å². The van der Waals surface area contributed by atoms with E-state index in [0.717, 1.165) is 34.5 Å². The molecule has 2 aromatic heterocycles. The summed E-state index contributed by atoms with van der Waals surface area (Å²) >= 11 is 0. The Balaban J connectivity index is 1.47. The molecule has 3 heterocycles. The number of alkyl halides is 1. The van der Waals surface area contributed by atoms with Gasteiger partial charge < -0.3 is 25.6 Å². The zero-order valence-electron chi connectivity index (χ0n) is 19.7. The summed E-state index contributed by atoms with van der Waals surface area (Å²) in [4.78, 5) is 29.9. The molecule has 4 N–H and O–H groups in total. The van der Waals surface area contributed by atoms with Gasteiger partial charge in [0.1, 0.15) is 34.9 Å². The fourth-order valence-corrected chi connectivity index (χ4v) is 4.66. The number of pyridine rings is 2. The minimum Gasteiger partial charge on any atom is -0.477 e. The number of aryl methyl sites for hydroxylation is 1. The van der Waals surface area contributed by atoms with E-state index in [1.54, 1.807) is 4.90 Å². The van der Waals surface area contributed by atoms with Crippen molar-refractivity contribution in [3.63, 3.8) is 0 Å². The van der Waals surface area contributed by atoms with Gasteiger partial charge >= 0.3 is 5.97 Å². The molecule has 0 aliphatic carbocycles. The molecule has 5 rings (SSSR count). The number of carboxylic acids is 1. The van der Waals surface area contributed by atoms with Crippen LogP contribution in [0.15, 0.2) is 47.4 Å². The number of carbonyl (C=O) groups is 1. The van der Waals surface area contributed by atoms with Crippen LogP contribution in [0.1, 0.15) is 15.9 Å². The van der Waals surface area contributed by atoms with Crippen molar-refractivity contribution in [2.75, 3.05) is 36.5 Å². The molecule has 0 spiro atoms. The quantitative estimate of drug-likeness (QED) is 0.311. The third-order valence-corrected chi connectivity index (χ3v) is 6.51. The second kappa shape index (κ2) is 9.74. The molecule has 8 nitrogen and oxygen atoms in total. The summed E-state index contributed by atoms with van der Waals surface area (Å²) in [5.41, 5.74) is 5.66. The van der Waals surface area contributed by atoms with Crippen molar-refractivity contribution in [1.82, 2.24) is 9.55 Å². The fourth-order valence-electron chi connectivity index (χ4n) is 4.66. The first kappa shape index (κ1) is 24.6. The molecule has 1 saturated heterocycles. The smallest absolute Gasteiger partial charge is 0.341 e. The molecule has 37 heavy (non-hydrogen) atoms. The SMILES string of the molecule is NCCc1ccc(NC2CN(c3c(F)cc4cc5c(=O)c(C(=O)O)cn(CCF)c5nc4c3F)C2)cc1. The summed E-state index contributed by atoms with van der Waals surface area (Å²) in [6, 6.07) is 10.1. The molecule has 4 aromatic rings. The van der Waals surface area contributed by atoms with E-state index in [2.05, 4.69) is 10.3 Å². The normalized spacial score (nSPS) is 13.8. The van der Waals surface area contributed by atoms with Gasteiger partial charge in [0.25, 0.3) is 0 Å². The van der Waals surface area contributed by atoms with Crippen LogP contribution >= 0.6 is 0 Å². The van der Waals surface area contributed by atoms with Crippen LogP contribution in [0.25, 0.3) is 21.9 Å². The average Bonchev–Trinajstić information content (AvgIpc) is 2.84. The molecule has 11 heteroatoms. The minimum absolute atomic E-state index is 0.00505. The van der Waals surface area contributed by atoms with Crippen LogP contribution in [0.3, 0.4) is 0 Å². The minimum atomic E-state index is -1.49. The number of nitrogens with one attached hydrogen (secondary N) is 1. The van der Waals surface area contributed by atoms with Crippen LogP contribution < -0.4 is 21.4 Å². The molecule has 2 aromatic carbocycles. The monoisotopic (exact) mass is 511 g/mol. The van der Waals surface area contributed by atoms with Gasteiger partial charge in [0.15, 0.2) is 5.82 Å². The summed E-state index contributed by atoms with van der Waals surface area (Å²) in [5.74, 6) is -3.21. The molecular formula is C26H24F3N5O3. The topological polar surface area (TPSA) is 113 Å². The molecule has 0 radical (unpaired) electrons. The van der Waals surface area contributed by atoms with E-state index in [-0.39, 0.29) is 40.2 Å². The summed E-state index contributed by atoms with van der Waals surface area (Å²) in [5, 5.41) is 12.5. The molecule has 1 aliphatic heterocycles. The van der Waals surface area contributed by atoms with Gasteiger partial charge in [0.2, 0.25) is 5.43 Å². The number of nitrogens with zero attached hydrogens (tertiary/aromatic N) is 3. The first-order valence-electron chi connectivity index (χ1n) is 11.8. The Kier molecular flexibility index (Phi) is 6.46. The second-order valence-corrected chi connectivity index (χ2v) is 8.99. The molecule has 1 aliphatic rings. The van der Waals surface area contributed by atoms with E-state index < -0.39 is 35.3 Å². The lowest BCUT2D eigenvalue weighted by Crippen LogP contribution is -2.55. The summed E-state index contributed by atoms with van der Waals surface area (Å²) in [7, 11) is 0. The number of aromatic carboxylic acids is 1. The number of halogens is 3. The fraction of sp³-hybridized carbons (Fsp3) is 0.269. The van der Waals surface area contributed by atoms with Crippen LogP contribution in [0, 0.1) is 11.6 Å². The summed E-state index contributed by atoms with van der Waals surface area (Å²) in [6.07, 6.45) is 1.77. The lowest BCUT2D eigenvalue weighted by Gasteiger charge is -2.42. The molecule has 192 valence electrons. The number of benzene rings is 2. The molecule has 0 unspecified atom stereocenters. The molecular weight excluding hydrogens is 487 g/mol. The number of hydrogen-bond donors (Lipinski definition) is 3. The first-order valence-corrected chi connectivity index (χ1v) is 11.8. The van der Waals surface area contributed by atoms with Gasteiger partial charge in [-0.2, -0.15) is 0 Å². The number of rotatable bonds is 8. The maximum Gasteiger partial charge on any atom is 0.341 e. The van der Waals surface area contributed by atoms with E-state index in [4.69, 9.17) is 5.73 Å². The standard InChI is InChI=1S/C26H24F3N5O3/c27-6-8-33-13-19(26(36)37)24(35)18-9-15-10-20(28)23(21(29)22(15)32-25(18)33)34-11-17(12-34)31-16-3-1-14(2-4-16)5-7-30/h1-4,9-10,13,17,31H,5-8,11-12,30H2,(H,36,37). The largest absolute Gasteiger partial charge is 0.477 e. The summed E-state index contributed by atoms with van der Waals surface area (Å²) < 4.78 is 45.0. The summed E-state index contributed by atoms with van der Waals surface area (Å²) in [6.45, 7) is 0.136. The van der Waals surface area contributed by atoms with E-state index in [9.17, 15) is 19.1 Å². The number of nitrogens with two attached hydrogens (primary N) is 1. The highest BCUT2D eigenvalue weighted by Gasteiger charge is 2.32. The third kappa shape index (κ3) is 4.46. The van der Waals surface area contributed by atoms with Crippen LogP contribution in [-0.2, 0) is 13.0 Å².